The van der Waals surface area contributed by atoms with Gasteiger partial charge in [0.15, 0.2) is 0 Å². The molecule has 3 heterocycles. The minimum atomic E-state index is 0.0595. The van der Waals surface area contributed by atoms with Crippen LogP contribution in [0.25, 0.3) is 0 Å². The molecule has 6 nitrogen and oxygen atoms in total. The highest BCUT2D eigenvalue weighted by molar-refractivity contribution is 9.10. The molecule has 0 aliphatic carbocycles. The summed E-state index contributed by atoms with van der Waals surface area (Å²) in [6, 6.07) is 0. The summed E-state index contributed by atoms with van der Waals surface area (Å²) in [5.74, 6) is 0.523. The van der Waals surface area contributed by atoms with Crippen molar-refractivity contribution < 1.29 is 4.79 Å². The molecule has 7 heteroatoms. The van der Waals surface area contributed by atoms with Crippen LogP contribution >= 0.6 is 15.9 Å². The number of rotatable bonds is 4. The molecule has 0 bridgehead atoms. The Morgan fingerprint density at radius 1 is 1.42 bits per heavy atom. The summed E-state index contributed by atoms with van der Waals surface area (Å²) >= 11 is 3.45. The Hall–Kier alpha value is -1.63. The maximum atomic E-state index is 12.6. The fourth-order valence-corrected chi connectivity index (χ4v) is 3.79. The zero-order valence-corrected chi connectivity index (χ0v) is 16.2. The van der Waals surface area contributed by atoms with Gasteiger partial charge in [-0.2, -0.15) is 10.2 Å². The van der Waals surface area contributed by atoms with E-state index in [1.165, 1.54) is 5.56 Å². The lowest BCUT2D eigenvalue weighted by Crippen LogP contribution is -2.30. The molecule has 1 unspecified atom stereocenters. The Morgan fingerprint density at radius 3 is 2.75 bits per heavy atom. The molecule has 0 N–H and O–H groups in total. The molecule has 1 fully saturated rings. The number of aryl methyl sites for hydroxylation is 3. The highest BCUT2D eigenvalue weighted by atomic mass is 79.9. The molecule has 1 aliphatic rings. The Labute approximate surface area is 151 Å². The SMILES string of the molecule is Cc1nn(CCC(=O)N2CC(c3cnn(C)c3)C(C)(C)C2)cc1Br. The first kappa shape index (κ1) is 17.2. The van der Waals surface area contributed by atoms with Crippen LogP contribution in [0.4, 0.5) is 0 Å². The van der Waals surface area contributed by atoms with Gasteiger partial charge in [-0.3, -0.25) is 14.2 Å². The predicted octanol–water partition coefficient (Wildman–Crippen LogP) is 2.73. The molecule has 24 heavy (non-hydrogen) atoms. The van der Waals surface area contributed by atoms with Gasteiger partial charge in [-0.05, 0) is 33.8 Å². The summed E-state index contributed by atoms with van der Waals surface area (Å²) < 4.78 is 4.64. The zero-order chi connectivity index (χ0) is 17.5. The summed E-state index contributed by atoms with van der Waals surface area (Å²) in [5, 5.41) is 8.67. The molecule has 0 radical (unpaired) electrons. The Morgan fingerprint density at radius 2 is 2.17 bits per heavy atom. The van der Waals surface area contributed by atoms with E-state index in [0.29, 0.717) is 18.9 Å². The molecule has 1 atom stereocenters. The average molecular weight is 394 g/mol. The lowest BCUT2D eigenvalue weighted by molar-refractivity contribution is -0.130. The second kappa shape index (κ2) is 6.35. The third kappa shape index (κ3) is 3.41. The van der Waals surface area contributed by atoms with Crippen LogP contribution in [-0.4, -0.2) is 43.5 Å². The van der Waals surface area contributed by atoms with Gasteiger partial charge in [0.25, 0.3) is 0 Å². The van der Waals surface area contributed by atoms with Gasteiger partial charge in [0.1, 0.15) is 0 Å². The van der Waals surface area contributed by atoms with Crippen LogP contribution in [0.15, 0.2) is 23.1 Å². The highest BCUT2D eigenvalue weighted by Gasteiger charge is 2.42. The second-order valence-corrected chi connectivity index (χ2v) is 8.19. The lowest BCUT2D eigenvalue weighted by atomic mass is 9.79. The summed E-state index contributed by atoms with van der Waals surface area (Å²) in [4.78, 5) is 14.6. The smallest absolute Gasteiger partial charge is 0.224 e. The van der Waals surface area contributed by atoms with Gasteiger partial charge >= 0.3 is 0 Å². The summed E-state index contributed by atoms with van der Waals surface area (Å²) in [5.41, 5.74) is 2.22. The van der Waals surface area contributed by atoms with Crippen molar-refractivity contribution in [1.82, 2.24) is 24.5 Å². The lowest BCUT2D eigenvalue weighted by Gasteiger charge is -2.24. The molecule has 1 saturated heterocycles. The van der Waals surface area contributed by atoms with Gasteiger partial charge in [0.05, 0.1) is 16.4 Å². The second-order valence-electron chi connectivity index (χ2n) is 7.34. The Bertz CT molecular complexity index is 728. The van der Waals surface area contributed by atoms with Crippen LogP contribution < -0.4 is 0 Å². The highest BCUT2D eigenvalue weighted by Crippen LogP contribution is 2.42. The topological polar surface area (TPSA) is 56.0 Å². The average Bonchev–Trinajstić information content (AvgIpc) is 3.15. The van der Waals surface area contributed by atoms with Crippen molar-refractivity contribution in [3.8, 4) is 0 Å². The number of aromatic nitrogens is 4. The first-order valence-electron chi connectivity index (χ1n) is 8.22. The fourth-order valence-electron chi connectivity index (χ4n) is 3.48. The fraction of sp³-hybridized carbons (Fsp3) is 0.588. The van der Waals surface area contributed by atoms with Crippen molar-refractivity contribution in [3.63, 3.8) is 0 Å². The minimum Gasteiger partial charge on any atom is -0.341 e. The molecule has 3 rings (SSSR count). The third-order valence-corrected chi connectivity index (χ3v) is 5.64. The standard InChI is InChI=1S/C17H24BrN5O/c1-12-15(18)10-23(20-12)6-5-16(24)22-9-14(17(2,3)11-22)13-7-19-21(4)8-13/h7-8,10,14H,5-6,9,11H2,1-4H3. The summed E-state index contributed by atoms with van der Waals surface area (Å²) in [7, 11) is 1.93. The molecular formula is C17H24BrN5O. The van der Waals surface area contributed by atoms with Crippen molar-refractivity contribution in [2.75, 3.05) is 13.1 Å². The van der Waals surface area contributed by atoms with Gasteiger partial charge in [-0.25, -0.2) is 0 Å². The van der Waals surface area contributed by atoms with E-state index in [-0.39, 0.29) is 11.3 Å². The molecule has 0 aromatic carbocycles. The van der Waals surface area contributed by atoms with Gasteiger partial charge in [-0.1, -0.05) is 13.8 Å². The number of hydrogen-bond acceptors (Lipinski definition) is 3. The number of carbonyl (C=O) groups excluding carboxylic acids is 1. The monoisotopic (exact) mass is 393 g/mol. The number of carbonyl (C=O) groups is 1. The molecule has 1 amide bonds. The molecule has 2 aromatic rings. The van der Waals surface area contributed by atoms with Crippen LogP contribution in [0.5, 0.6) is 0 Å². The van der Waals surface area contributed by atoms with Crippen LogP contribution in [0, 0.1) is 12.3 Å². The van der Waals surface area contributed by atoms with E-state index in [1.54, 1.807) is 0 Å². The van der Waals surface area contributed by atoms with E-state index in [1.807, 2.05) is 40.6 Å². The number of likely N-dealkylation sites (tertiary alicyclic amines) is 1. The van der Waals surface area contributed by atoms with Crippen LogP contribution in [0.3, 0.4) is 0 Å². The summed E-state index contributed by atoms with van der Waals surface area (Å²) in [6.45, 7) is 8.56. The van der Waals surface area contributed by atoms with E-state index in [9.17, 15) is 4.79 Å². The molecule has 0 spiro atoms. The summed E-state index contributed by atoms with van der Waals surface area (Å²) in [6.07, 6.45) is 6.38. The zero-order valence-electron chi connectivity index (χ0n) is 14.7. The van der Waals surface area contributed by atoms with Crippen molar-refractivity contribution in [2.45, 2.75) is 39.7 Å². The van der Waals surface area contributed by atoms with Crippen molar-refractivity contribution in [1.29, 1.82) is 0 Å². The first-order chi connectivity index (χ1) is 11.3. The first-order valence-corrected chi connectivity index (χ1v) is 9.01. The minimum absolute atomic E-state index is 0.0595. The maximum absolute atomic E-state index is 12.6. The molecule has 2 aromatic heterocycles. The molecule has 0 saturated carbocycles. The Kier molecular flexibility index (Phi) is 4.55. The number of nitrogens with zero attached hydrogens (tertiary/aromatic N) is 5. The van der Waals surface area contributed by atoms with Crippen LogP contribution in [0.1, 0.15) is 37.4 Å². The molecule has 130 valence electrons. The Balaban J connectivity index is 1.63. The number of halogens is 1. The quantitative estimate of drug-likeness (QED) is 0.802. The van der Waals surface area contributed by atoms with Gasteiger partial charge in [0, 0.05) is 51.4 Å². The predicted molar refractivity (Wildman–Crippen MR) is 95.6 cm³/mol. The number of amides is 1. The number of hydrogen-bond donors (Lipinski definition) is 0. The largest absolute Gasteiger partial charge is 0.341 e. The van der Waals surface area contributed by atoms with Crippen molar-refractivity contribution in [3.05, 3.63) is 34.3 Å². The van der Waals surface area contributed by atoms with E-state index in [2.05, 4.69) is 46.2 Å². The van der Waals surface area contributed by atoms with E-state index < -0.39 is 0 Å². The molecule has 1 aliphatic heterocycles. The normalized spacial score (nSPS) is 19.9. The van der Waals surface area contributed by atoms with E-state index >= 15 is 0 Å². The third-order valence-electron chi connectivity index (χ3n) is 4.87. The van der Waals surface area contributed by atoms with Crippen molar-refractivity contribution >= 4 is 21.8 Å². The van der Waals surface area contributed by atoms with Crippen molar-refractivity contribution in [2.24, 2.45) is 12.5 Å². The van der Waals surface area contributed by atoms with E-state index in [4.69, 9.17) is 0 Å². The van der Waals surface area contributed by atoms with Gasteiger partial charge < -0.3 is 4.90 Å². The van der Waals surface area contributed by atoms with Gasteiger partial charge in [0.2, 0.25) is 5.91 Å². The van der Waals surface area contributed by atoms with Gasteiger partial charge in [-0.15, -0.1) is 0 Å². The molecular weight excluding hydrogens is 370 g/mol. The van der Waals surface area contributed by atoms with Crippen LogP contribution in [0.2, 0.25) is 0 Å². The van der Waals surface area contributed by atoms with Crippen LogP contribution in [-0.2, 0) is 18.4 Å². The van der Waals surface area contributed by atoms with E-state index in [0.717, 1.165) is 23.3 Å². The maximum Gasteiger partial charge on any atom is 0.224 e.